The Morgan fingerprint density at radius 2 is 1.55 bits per heavy atom. The molecule has 2 aromatic carbocycles. The molecule has 3 aromatic rings. The molecule has 0 bridgehead atoms. The van der Waals surface area contributed by atoms with E-state index in [1.807, 2.05) is 12.1 Å². The fourth-order valence-corrected chi connectivity index (χ4v) is 3.26. The summed E-state index contributed by atoms with van der Waals surface area (Å²) in [6.07, 6.45) is 9.97. The van der Waals surface area contributed by atoms with E-state index in [9.17, 15) is 9.59 Å². The number of terminal acetylenes is 1. The third-order valence-corrected chi connectivity index (χ3v) is 4.64. The Bertz CT molecular complexity index is 1100. The zero-order valence-electron chi connectivity index (χ0n) is 20.2. The van der Waals surface area contributed by atoms with E-state index in [4.69, 9.17) is 21.8 Å². The number of nitrogens with zero attached hydrogens (tertiary/aromatic N) is 1. The number of pyridine rings is 1. The predicted molar refractivity (Wildman–Crippen MR) is 139 cm³/mol. The Hall–Kier alpha value is -2.91. The Morgan fingerprint density at radius 3 is 2.00 bits per heavy atom. The summed E-state index contributed by atoms with van der Waals surface area (Å²) in [6.45, 7) is 7.33. The highest BCUT2D eigenvalue weighted by Crippen LogP contribution is 2.32. The van der Waals surface area contributed by atoms with Crippen LogP contribution in [0.2, 0.25) is 5.02 Å². The number of aliphatic hydroxyl groups is 2. The number of aryl methyl sites for hydroxylation is 1. The topological polar surface area (TPSA) is 79.5 Å². The standard InChI is InChI=1S/C20H18ClNO2.C4H10O.C2H2.CH4O/c1-3-13-4-6-14(7-5-13)19-17-12-15(21)8-9-16(17)20(24)22(2)18(19)10-11-23;1-4(2,3)5;2*1-2/h4-9,11-12H,3,10H2,1-2H3;5H,1-3H3;1-2H;2H,1H3. The number of rotatable bonds is 4. The maximum atomic E-state index is 12.6. The normalized spacial score (nSPS) is 10.0. The first-order valence-corrected chi connectivity index (χ1v) is 10.8. The second-order valence-electron chi connectivity index (χ2n) is 7.97. The predicted octanol–water partition coefficient (Wildman–Crippen LogP) is 4.80. The van der Waals surface area contributed by atoms with E-state index in [2.05, 4.69) is 31.9 Å². The van der Waals surface area contributed by atoms with Crippen molar-refractivity contribution < 1.29 is 15.0 Å². The van der Waals surface area contributed by atoms with E-state index in [1.54, 1.807) is 50.6 Å². The maximum absolute atomic E-state index is 12.6. The summed E-state index contributed by atoms with van der Waals surface area (Å²) in [5, 5.41) is 17.5. The quantitative estimate of drug-likeness (QED) is 0.423. The van der Waals surface area contributed by atoms with Gasteiger partial charge in [0.05, 0.1) is 5.60 Å². The van der Waals surface area contributed by atoms with Crippen LogP contribution in [0.15, 0.2) is 47.3 Å². The van der Waals surface area contributed by atoms with Crippen LogP contribution in [0.25, 0.3) is 21.9 Å². The van der Waals surface area contributed by atoms with E-state index in [-0.39, 0.29) is 12.0 Å². The molecule has 0 fully saturated rings. The number of carbonyl (C=O) groups is 1. The Balaban J connectivity index is 0.000000991. The lowest BCUT2D eigenvalue weighted by atomic mass is 9.95. The molecule has 6 heteroatoms. The van der Waals surface area contributed by atoms with Gasteiger partial charge in [0.25, 0.3) is 5.56 Å². The molecule has 1 heterocycles. The molecule has 1 aromatic heterocycles. The molecule has 0 aliphatic rings. The monoisotopic (exact) mass is 471 g/mol. The van der Waals surface area contributed by atoms with E-state index >= 15 is 0 Å². The van der Waals surface area contributed by atoms with Gasteiger partial charge in [-0.25, -0.2) is 0 Å². The minimum absolute atomic E-state index is 0.118. The number of aliphatic hydroxyl groups excluding tert-OH is 1. The minimum atomic E-state index is -0.500. The van der Waals surface area contributed by atoms with Gasteiger partial charge in [-0.1, -0.05) is 42.8 Å². The van der Waals surface area contributed by atoms with Crippen LogP contribution >= 0.6 is 11.6 Å². The fourth-order valence-electron chi connectivity index (χ4n) is 3.08. The van der Waals surface area contributed by atoms with Gasteiger partial charge in [-0.15, -0.1) is 12.8 Å². The van der Waals surface area contributed by atoms with Crippen molar-refractivity contribution in [1.82, 2.24) is 4.57 Å². The van der Waals surface area contributed by atoms with Crippen LogP contribution in [0.3, 0.4) is 0 Å². The molecule has 0 atom stereocenters. The zero-order valence-corrected chi connectivity index (χ0v) is 21.0. The van der Waals surface area contributed by atoms with Crippen LogP contribution < -0.4 is 5.56 Å². The van der Waals surface area contributed by atoms with E-state index in [0.717, 1.165) is 36.3 Å². The molecule has 0 unspecified atom stereocenters. The average Bonchev–Trinajstić information content (AvgIpc) is 2.79. The number of aromatic nitrogens is 1. The number of carbonyl (C=O) groups excluding carboxylic acids is 1. The van der Waals surface area contributed by atoms with Gasteiger partial charge in [-0.05, 0) is 61.9 Å². The van der Waals surface area contributed by atoms with Crippen molar-refractivity contribution in [3.8, 4) is 24.0 Å². The van der Waals surface area contributed by atoms with Crippen molar-refractivity contribution in [3.05, 3.63) is 69.1 Å². The van der Waals surface area contributed by atoms with Gasteiger partial charge in [0, 0.05) is 42.2 Å². The van der Waals surface area contributed by atoms with Gasteiger partial charge in [0.15, 0.2) is 0 Å². The molecule has 2 N–H and O–H groups in total. The molecule has 0 saturated heterocycles. The highest BCUT2D eigenvalue weighted by Gasteiger charge is 2.16. The van der Waals surface area contributed by atoms with E-state index in [0.29, 0.717) is 16.1 Å². The number of aldehydes is 1. The first-order valence-electron chi connectivity index (χ1n) is 10.4. The lowest BCUT2D eigenvalue weighted by Gasteiger charge is -2.16. The number of benzene rings is 2. The smallest absolute Gasteiger partial charge is 0.258 e. The summed E-state index contributed by atoms with van der Waals surface area (Å²) in [5.41, 5.74) is 3.19. The molecule has 0 amide bonds. The Kier molecular flexibility index (Phi) is 13.0. The van der Waals surface area contributed by atoms with Gasteiger partial charge < -0.3 is 19.6 Å². The number of fused-ring (bicyclic) bond motifs is 1. The van der Waals surface area contributed by atoms with Crippen LogP contribution in [0.1, 0.15) is 39.0 Å². The Labute approximate surface area is 201 Å². The maximum Gasteiger partial charge on any atom is 0.258 e. The highest BCUT2D eigenvalue weighted by atomic mass is 35.5. The Morgan fingerprint density at radius 1 is 1.03 bits per heavy atom. The van der Waals surface area contributed by atoms with E-state index in [1.165, 1.54) is 5.56 Å². The van der Waals surface area contributed by atoms with E-state index < -0.39 is 5.60 Å². The average molecular weight is 472 g/mol. The third-order valence-electron chi connectivity index (χ3n) is 4.41. The summed E-state index contributed by atoms with van der Waals surface area (Å²) in [4.78, 5) is 23.8. The van der Waals surface area contributed by atoms with Crippen molar-refractivity contribution >= 4 is 28.7 Å². The van der Waals surface area contributed by atoms with Gasteiger partial charge >= 0.3 is 0 Å². The van der Waals surface area contributed by atoms with Crippen LogP contribution in [-0.2, 0) is 24.7 Å². The first-order chi connectivity index (χ1) is 15.6. The molecule has 3 rings (SSSR count). The fraction of sp³-hybridized carbons (Fsp3) is 0.333. The summed E-state index contributed by atoms with van der Waals surface area (Å²) in [7, 11) is 2.71. The zero-order chi connectivity index (χ0) is 25.8. The lowest BCUT2D eigenvalue weighted by molar-refractivity contribution is -0.107. The highest BCUT2D eigenvalue weighted by molar-refractivity contribution is 6.31. The molecule has 0 saturated carbocycles. The largest absolute Gasteiger partial charge is 0.400 e. The summed E-state index contributed by atoms with van der Waals surface area (Å²) < 4.78 is 1.56. The molecule has 0 radical (unpaired) electrons. The lowest BCUT2D eigenvalue weighted by Crippen LogP contribution is -2.22. The summed E-state index contributed by atoms with van der Waals surface area (Å²) in [6, 6.07) is 13.5. The number of hydrogen-bond donors (Lipinski definition) is 2. The first kappa shape index (κ1) is 30.1. The molecule has 5 nitrogen and oxygen atoms in total. The molecular weight excluding hydrogens is 438 g/mol. The van der Waals surface area contributed by atoms with Crippen molar-refractivity contribution in [1.29, 1.82) is 0 Å². The minimum Gasteiger partial charge on any atom is -0.400 e. The van der Waals surface area contributed by atoms with Crippen LogP contribution in [0, 0.1) is 12.8 Å². The van der Waals surface area contributed by atoms with Crippen molar-refractivity contribution in [2.45, 2.75) is 46.1 Å². The van der Waals surface area contributed by atoms with Gasteiger partial charge in [-0.3, -0.25) is 4.79 Å². The van der Waals surface area contributed by atoms with Crippen LogP contribution in [-0.4, -0.2) is 33.8 Å². The SMILES string of the molecule is C#C.CC(C)(C)O.CCc1ccc(-c2c(CC=O)n(C)c(=O)c3ccc(Cl)cc23)cc1.CO. The molecule has 33 heavy (non-hydrogen) atoms. The summed E-state index contributed by atoms with van der Waals surface area (Å²) in [5.74, 6) is 0. The van der Waals surface area contributed by atoms with Crippen LogP contribution in [0.4, 0.5) is 0 Å². The van der Waals surface area contributed by atoms with Gasteiger partial charge in [-0.2, -0.15) is 0 Å². The van der Waals surface area contributed by atoms with Crippen molar-refractivity contribution in [2.75, 3.05) is 7.11 Å². The summed E-state index contributed by atoms with van der Waals surface area (Å²) >= 11 is 6.17. The molecule has 0 aliphatic carbocycles. The third kappa shape index (κ3) is 8.86. The molecule has 0 aliphatic heterocycles. The van der Waals surface area contributed by atoms with Crippen molar-refractivity contribution in [3.63, 3.8) is 0 Å². The number of halogens is 1. The molecule has 178 valence electrons. The molecule has 0 spiro atoms. The second kappa shape index (κ2) is 14.3. The van der Waals surface area contributed by atoms with Gasteiger partial charge in [0.2, 0.25) is 0 Å². The van der Waals surface area contributed by atoms with Gasteiger partial charge in [0.1, 0.15) is 6.29 Å². The van der Waals surface area contributed by atoms with Crippen molar-refractivity contribution in [2.24, 2.45) is 7.05 Å². The van der Waals surface area contributed by atoms with Crippen LogP contribution in [0.5, 0.6) is 0 Å². The number of hydrogen-bond acceptors (Lipinski definition) is 4. The molecular formula is C27H34ClNO4. The second-order valence-corrected chi connectivity index (χ2v) is 8.40.